The molecule has 0 bridgehead atoms. The van der Waals surface area contributed by atoms with Crippen LogP contribution in [0.25, 0.3) is 0 Å². The lowest BCUT2D eigenvalue weighted by molar-refractivity contribution is -0.127. The lowest BCUT2D eigenvalue weighted by Gasteiger charge is -2.03. The van der Waals surface area contributed by atoms with Crippen LogP contribution in [0.2, 0.25) is 0 Å². The molecule has 0 unspecified atom stereocenters. The number of rotatable bonds is 5. The summed E-state index contributed by atoms with van der Waals surface area (Å²) in [4.78, 5) is 22.1. The number of carboxylic acids is 1. The molecule has 0 saturated heterocycles. The zero-order valence-corrected chi connectivity index (χ0v) is 11.2. The maximum atomic E-state index is 12.2. The highest BCUT2D eigenvalue weighted by Gasteiger charge is 2.28. The molecule has 21 heavy (non-hydrogen) atoms. The fourth-order valence-corrected chi connectivity index (χ4v) is 2.17. The van der Waals surface area contributed by atoms with Gasteiger partial charge in [0.15, 0.2) is 5.69 Å². The normalized spacial score (nSPS) is 11.4. The van der Waals surface area contributed by atoms with E-state index in [0.717, 1.165) is 11.3 Å². The Morgan fingerprint density at radius 3 is 2.81 bits per heavy atom. The summed E-state index contributed by atoms with van der Waals surface area (Å²) in [6.07, 6.45) is -4.10. The van der Waals surface area contributed by atoms with E-state index in [2.05, 4.69) is 20.3 Å². The molecular formula is C11H9F3N4O2S. The van der Waals surface area contributed by atoms with E-state index in [4.69, 9.17) is 5.11 Å². The Morgan fingerprint density at radius 2 is 2.14 bits per heavy atom. The summed E-state index contributed by atoms with van der Waals surface area (Å²) >= 11 is 1.07. The van der Waals surface area contributed by atoms with Crippen LogP contribution in [0.3, 0.4) is 0 Å². The first-order chi connectivity index (χ1) is 9.83. The molecule has 112 valence electrons. The Bertz CT molecular complexity index is 644. The topological polar surface area (TPSA) is 88.0 Å². The summed E-state index contributed by atoms with van der Waals surface area (Å²) in [6, 6.07) is 1.23. The van der Waals surface area contributed by atoms with Crippen molar-refractivity contribution < 1.29 is 23.1 Å². The van der Waals surface area contributed by atoms with Gasteiger partial charge in [-0.1, -0.05) is 0 Å². The number of hydrogen-bond donors (Lipinski definition) is 2. The zero-order chi connectivity index (χ0) is 15.5. The van der Waals surface area contributed by atoms with Crippen LogP contribution >= 0.6 is 11.3 Å². The van der Waals surface area contributed by atoms with Crippen molar-refractivity contribution in [1.29, 1.82) is 0 Å². The quantitative estimate of drug-likeness (QED) is 0.880. The molecule has 6 nitrogen and oxygen atoms in total. The van der Waals surface area contributed by atoms with E-state index in [0.29, 0.717) is 5.01 Å². The Morgan fingerprint density at radius 1 is 1.38 bits per heavy atom. The van der Waals surface area contributed by atoms with E-state index in [-0.39, 0.29) is 23.9 Å². The van der Waals surface area contributed by atoms with Crippen LogP contribution in [0, 0.1) is 0 Å². The first-order valence-corrected chi connectivity index (χ1v) is 6.52. The summed E-state index contributed by atoms with van der Waals surface area (Å²) < 4.78 is 36.6. The summed E-state index contributed by atoms with van der Waals surface area (Å²) in [6.45, 7) is 0.117. The molecule has 0 spiro atoms. The van der Waals surface area contributed by atoms with Gasteiger partial charge in [0.25, 0.3) is 0 Å². The zero-order valence-electron chi connectivity index (χ0n) is 10.4. The number of anilines is 1. The van der Waals surface area contributed by atoms with Crippen molar-refractivity contribution in [2.75, 3.05) is 5.32 Å². The van der Waals surface area contributed by atoms with Crippen LogP contribution in [0.1, 0.15) is 21.2 Å². The number of carboxylic acid groups (broad SMARTS) is 1. The average molecular weight is 318 g/mol. The first-order valence-electron chi connectivity index (χ1n) is 5.64. The van der Waals surface area contributed by atoms with Crippen molar-refractivity contribution in [2.45, 2.75) is 19.1 Å². The highest BCUT2D eigenvalue weighted by Crippen LogP contribution is 2.22. The minimum Gasteiger partial charge on any atom is -0.477 e. The minimum absolute atomic E-state index is 0.0514. The molecule has 2 N–H and O–H groups in total. The molecule has 10 heteroatoms. The van der Waals surface area contributed by atoms with Crippen molar-refractivity contribution in [1.82, 2.24) is 15.0 Å². The number of nitrogens with zero attached hydrogens (tertiary/aromatic N) is 3. The number of carbonyl (C=O) groups is 1. The van der Waals surface area contributed by atoms with Gasteiger partial charge in [-0.3, -0.25) is 0 Å². The third-order valence-corrected chi connectivity index (χ3v) is 3.15. The van der Waals surface area contributed by atoms with E-state index in [1.807, 2.05) is 0 Å². The SMILES string of the molecule is O=C(O)c1ccnc(NCc2nc(CC(F)(F)F)cs2)n1. The minimum atomic E-state index is -4.29. The standard InChI is InChI=1S/C11H9F3N4O2S/c12-11(13,14)3-6-5-21-8(17-6)4-16-10-15-2-1-7(18-10)9(19)20/h1-2,5H,3-4H2,(H,19,20)(H,15,16,18). The maximum absolute atomic E-state index is 12.2. The van der Waals surface area contributed by atoms with Gasteiger partial charge in [-0.25, -0.2) is 19.7 Å². The molecular weight excluding hydrogens is 309 g/mol. The van der Waals surface area contributed by atoms with E-state index < -0.39 is 18.6 Å². The maximum Gasteiger partial charge on any atom is 0.394 e. The number of halogens is 3. The van der Waals surface area contributed by atoms with Crippen LogP contribution in [-0.2, 0) is 13.0 Å². The number of aromatic nitrogens is 3. The van der Waals surface area contributed by atoms with Crippen LogP contribution in [-0.4, -0.2) is 32.2 Å². The lowest BCUT2D eigenvalue weighted by atomic mass is 10.3. The summed E-state index contributed by atoms with van der Waals surface area (Å²) in [5.74, 6) is -1.12. The Hall–Kier alpha value is -2.23. The van der Waals surface area contributed by atoms with Gasteiger partial charge in [0.05, 0.1) is 18.7 Å². The van der Waals surface area contributed by atoms with Gasteiger partial charge in [0, 0.05) is 11.6 Å². The fraction of sp³-hybridized carbons (Fsp3) is 0.273. The van der Waals surface area contributed by atoms with Gasteiger partial charge in [-0.05, 0) is 6.07 Å². The molecule has 0 radical (unpaired) electrons. The summed E-state index contributed by atoms with van der Waals surface area (Å²) in [7, 11) is 0. The predicted molar refractivity (Wildman–Crippen MR) is 68.2 cm³/mol. The summed E-state index contributed by atoms with van der Waals surface area (Å²) in [5, 5.41) is 13.2. The van der Waals surface area contributed by atoms with E-state index in [1.165, 1.54) is 17.6 Å². The first kappa shape index (κ1) is 15.2. The molecule has 2 aromatic heterocycles. The molecule has 0 aromatic carbocycles. The van der Waals surface area contributed by atoms with Crippen molar-refractivity contribution in [3.63, 3.8) is 0 Å². The largest absolute Gasteiger partial charge is 0.477 e. The van der Waals surface area contributed by atoms with Gasteiger partial charge in [-0.15, -0.1) is 11.3 Å². The monoisotopic (exact) mass is 318 g/mol. The van der Waals surface area contributed by atoms with Gasteiger partial charge < -0.3 is 10.4 Å². The molecule has 0 aliphatic heterocycles. The smallest absolute Gasteiger partial charge is 0.394 e. The lowest BCUT2D eigenvalue weighted by Crippen LogP contribution is -2.12. The van der Waals surface area contributed by atoms with E-state index in [9.17, 15) is 18.0 Å². The molecule has 0 aliphatic carbocycles. The van der Waals surface area contributed by atoms with Crippen LogP contribution in [0.4, 0.5) is 19.1 Å². The highest BCUT2D eigenvalue weighted by molar-refractivity contribution is 7.09. The van der Waals surface area contributed by atoms with Crippen LogP contribution < -0.4 is 5.32 Å². The van der Waals surface area contributed by atoms with Gasteiger partial charge in [0.2, 0.25) is 5.95 Å². The predicted octanol–water partition coefficient (Wildman–Crippen LogP) is 2.35. The third-order valence-electron chi connectivity index (χ3n) is 2.25. The summed E-state index contributed by atoms with van der Waals surface area (Å²) in [5.41, 5.74) is -0.228. The molecule has 0 saturated carbocycles. The van der Waals surface area contributed by atoms with Gasteiger partial charge >= 0.3 is 12.1 Å². The second-order valence-corrected chi connectivity index (χ2v) is 4.89. The third kappa shape index (κ3) is 4.67. The van der Waals surface area contributed by atoms with Crippen molar-refractivity contribution in [3.8, 4) is 0 Å². The van der Waals surface area contributed by atoms with E-state index >= 15 is 0 Å². The Labute approximate surface area is 120 Å². The molecule has 0 fully saturated rings. The number of thiazole rings is 1. The average Bonchev–Trinajstić information content (AvgIpc) is 2.82. The molecule has 0 atom stereocenters. The molecule has 2 aromatic rings. The van der Waals surface area contributed by atoms with Gasteiger partial charge in [0.1, 0.15) is 5.01 Å². The van der Waals surface area contributed by atoms with E-state index in [1.54, 1.807) is 0 Å². The number of alkyl halides is 3. The van der Waals surface area contributed by atoms with Crippen molar-refractivity contribution in [3.05, 3.63) is 34.0 Å². The fourth-order valence-electron chi connectivity index (χ4n) is 1.43. The van der Waals surface area contributed by atoms with Crippen molar-refractivity contribution in [2.24, 2.45) is 0 Å². The molecule has 0 amide bonds. The molecule has 0 aliphatic rings. The number of aromatic carboxylic acids is 1. The Balaban J connectivity index is 1.97. The molecule has 2 rings (SSSR count). The number of nitrogens with one attached hydrogen (secondary N) is 1. The second-order valence-electron chi connectivity index (χ2n) is 3.95. The second kappa shape index (κ2) is 6.04. The number of hydrogen-bond acceptors (Lipinski definition) is 6. The Kier molecular flexibility index (Phi) is 4.36. The van der Waals surface area contributed by atoms with Crippen molar-refractivity contribution >= 4 is 23.3 Å². The van der Waals surface area contributed by atoms with Crippen LogP contribution in [0.15, 0.2) is 17.6 Å². The molecule has 2 heterocycles. The highest BCUT2D eigenvalue weighted by atomic mass is 32.1. The van der Waals surface area contributed by atoms with Gasteiger partial charge in [-0.2, -0.15) is 13.2 Å². The van der Waals surface area contributed by atoms with Crippen LogP contribution in [0.5, 0.6) is 0 Å².